The third-order valence-corrected chi connectivity index (χ3v) is 11.1. The van der Waals surface area contributed by atoms with Crippen LogP contribution in [0.2, 0.25) is 0 Å². The molecule has 2 N–H and O–H groups in total. The smallest absolute Gasteiger partial charge is 0.325 e. The van der Waals surface area contributed by atoms with Gasteiger partial charge in [0.1, 0.15) is 5.54 Å². The molecule has 2 aromatic rings. The zero-order valence-corrected chi connectivity index (χ0v) is 23.2. The monoisotopic (exact) mass is 525 g/mol. The Morgan fingerprint density at radius 2 is 1.90 bits per heavy atom. The Kier molecular flexibility index (Phi) is 5.45. The summed E-state index contributed by atoms with van der Waals surface area (Å²) in [6, 6.07) is 8.40. The van der Waals surface area contributed by atoms with Gasteiger partial charge in [-0.25, -0.2) is 4.79 Å². The number of carbonyl (C=O) groups is 2. The van der Waals surface area contributed by atoms with Crippen LogP contribution in [0.3, 0.4) is 0 Å². The van der Waals surface area contributed by atoms with Crippen LogP contribution in [0.4, 0.5) is 4.79 Å². The number of rotatable bonds is 2. The van der Waals surface area contributed by atoms with Gasteiger partial charge in [0.05, 0.1) is 5.60 Å². The highest BCUT2D eigenvalue weighted by molar-refractivity contribution is 6.06. The predicted molar refractivity (Wildman–Crippen MR) is 151 cm³/mol. The zero-order chi connectivity index (χ0) is 27.2. The highest BCUT2D eigenvalue weighted by Gasteiger charge is 2.55. The minimum absolute atomic E-state index is 0.184. The van der Waals surface area contributed by atoms with Gasteiger partial charge in [0.15, 0.2) is 0 Å². The first kappa shape index (κ1) is 25.0. The Labute approximate surface area is 230 Å². The first-order valence-corrected chi connectivity index (χ1v) is 14.7. The maximum Gasteiger partial charge on any atom is 0.325 e. The number of carbonyl (C=O) groups excluding carboxylic acids is 2. The number of amides is 3. The van der Waals surface area contributed by atoms with E-state index in [9.17, 15) is 14.7 Å². The summed E-state index contributed by atoms with van der Waals surface area (Å²) in [4.78, 5) is 31.4. The number of allylic oxidation sites excluding steroid dienone is 3. The summed E-state index contributed by atoms with van der Waals surface area (Å²) in [6.07, 6.45) is 15.5. The van der Waals surface area contributed by atoms with Gasteiger partial charge in [-0.15, -0.1) is 0 Å². The summed E-state index contributed by atoms with van der Waals surface area (Å²) in [5.41, 5.74) is 2.27. The van der Waals surface area contributed by atoms with Crippen molar-refractivity contribution in [2.24, 2.45) is 17.3 Å². The van der Waals surface area contributed by atoms with Gasteiger partial charge < -0.3 is 10.4 Å². The van der Waals surface area contributed by atoms with Crippen molar-refractivity contribution in [2.75, 3.05) is 0 Å². The van der Waals surface area contributed by atoms with Crippen LogP contribution in [0, 0.1) is 17.3 Å². The second-order valence-corrected chi connectivity index (χ2v) is 13.6. The average molecular weight is 526 g/mol. The lowest BCUT2D eigenvalue weighted by molar-refractivity contribution is -0.133. The molecule has 0 spiro atoms. The van der Waals surface area contributed by atoms with Gasteiger partial charge in [0.2, 0.25) is 0 Å². The molecule has 0 bridgehead atoms. The normalized spacial score (nSPS) is 37.4. The van der Waals surface area contributed by atoms with Gasteiger partial charge in [-0.1, -0.05) is 31.2 Å². The van der Waals surface area contributed by atoms with Crippen LogP contribution in [-0.2, 0) is 4.79 Å². The van der Waals surface area contributed by atoms with E-state index >= 15 is 0 Å². The fraction of sp³-hybridized carbons (Fsp3) is 0.545. The molecule has 3 fully saturated rings. The van der Waals surface area contributed by atoms with Crippen LogP contribution >= 0.6 is 0 Å². The molecule has 2 saturated carbocycles. The van der Waals surface area contributed by atoms with Gasteiger partial charge in [-0.3, -0.25) is 14.7 Å². The van der Waals surface area contributed by atoms with Crippen LogP contribution in [0.15, 0.2) is 60.0 Å². The quantitative estimate of drug-likeness (QED) is 0.470. The molecular weight excluding hydrogens is 486 g/mol. The molecule has 6 nitrogen and oxygen atoms in total. The van der Waals surface area contributed by atoms with Gasteiger partial charge >= 0.3 is 6.03 Å². The van der Waals surface area contributed by atoms with Crippen LogP contribution < -0.4 is 5.32 Å². The number of hydrogen-bond acceptors (Lipinski definition) is 4. The summed E-state index contributed by atoms with van der Waals surface area (Å²) < 4.78 is 0. The second-order valence-electron chi connectivity index (χ2n) is 13.6. The van der Waals surface area contributed by atoms with Crippen molar-refractivity contribution < 1.29 is 14.7 Å². The van der Waals surface area contributed by atoms with E-state index in [1.807, 2.05) is 12.4 Å². The topological polar surface area (TPSA) is 82.5 Å². The molecule has 0 radical (unpaired) electrons. The molecule has 1 saturated heterocycles. The number of nitrogens with one attached hydrogen (secondary N) is 1. The molecule has 204 valence electrons. The lowest BCUT2D eigenvalue weighted by atomic mass is 9.60. The van der Waals surface area contributed by atoms with Crippen LogP contribution in [0.25, 0.3) is 10.8 Å². The third-order valence-electron chi connectivity index (χ3n) is 11.1. The molecule has 3 amide bonds. The molecule has 6 unspecified atom stereocenters. The molecular formula is C33H39N3O3. The fourth-order valence-corrected chi connectivity index (χ4v) is 8.91. The van der Waals surface area contributed by atoms with E-state index in [-0.39, 0.29) is 23.4 Å². The molecule has 4 aliphatic carbocycles. The van der Waals surface area contributed by atoms with Crippen LogP contribution in [-0.4, -0.2) is 44.1 Å². The van der Waals surface area contributed by atoms with Crippen molar-refractivity contribution in [1.82, 2.24) is 15.2 Å². The highest BCUT2D eigenvalue weighted by Crippen LogP contribution is 2.63. The lowest BCUT2D eigenvalue weighted by Gasteiger charge is -2.44. The van der Waals surface area contributed by atoms with Crippen molar-refractivity contribution in [3.8, 4) is 0 Å². The number of hydrogen-bond donors (Lipinski definition) is 2. The summed E-state index contributed by atoms with van der Waals surface area (Å²) >= 11 is 0. The first-order chi connectivity index (χ1) is 18.6. The number of imide groups is 1. The van der Waals surface area contributed by atoms with Crippen molar-refractivity contribution in [3.05, 3.63) is 65.5 Å². The lowest BCUT2D eigenvalue weighted by Crippen LogP contribution is -2.50. The summed E-state index contributed by atoms with van der Waals surface area (Å²) in [6.45, 7) is 5.99. The summed E-state index contributed by atoms with van der Waals surface area (Å²) in [7, 11) is 0. The maximum absolute atomic E-state index is 13.0. The highest BCUT2D eigenvalue weighted by atomic mass is 16.3. The van der Waals surface area contributed by atoms with E-state index in [2.05, 4.69) is 53.6 Å². The molecule has 7 rings (SSSR count). The summed E-state index contributed by atoms with van der Waals surface area (Å²) in [5.74, 6) is 1.34. The minimum atomic E-state index is -0.964. The van der Waals surface area contributed by atoms with E-state index in [4.69, 9.17) is 0 Å². The number of urea groups is 1. The number of aromatic nitrogens is 1. The molecule has 5 aliphatic rings. The third kappa shape index (κ3) is 3.74. The van der Waals surface area contributed by atoms with E-state index in [1.54, 1.807) is 13.8 Å². The van der Waals surface area contributed by atoms with Crippen molar-refractivity contribution in [1.29, 1.82) is 0 Å². The number of aliphatic hydroxyl groups is 1. The molecule has 39 heavy (non-hydrogen) atoms. The first-order valence-electron chi connectivity index (χ1n) is 14.7. The SMILES string of the molecule is CC1(C)NC(=O)N(C2CCC3=CC4=CCC5(C)C(c6ccc7ccncc7c6)CCC5C4CCC3(O)C2)C1=O. The van der Waals surface area contributed by atoms with E-state index in [1.165, 1.54) is 39.7 Å². The number of fused-ring (bicyclic) bond motifs is 5. The molecule has 2 heterocycles. The fourth-order valence-electron chi connectivity index (χ4n) is 8.91. The minimum Gasteiger partial charge on any atom is -0.385 e. The van der Waals surface area contributed by atoms with Gasteiger partial charge in [0.25, 0.3) is 5.91 Å². The van der Waals surface area contributed by atoms with E-state index < -0.39 is 11.1 Å². The standard InChI is InChI=1S/C33H39N3O3/c1-31(2)29(37)36(30(38)35-31)25-7-6-24-17-21-10-13-32(3)27(22-5-4-20-12-15-34-19-23(20)16-22)8-9-28(32)26(21)11-14-33(24,39)18-25/h4-5,10,12,15-17,19,25-28,39H,6-9,11,13-14,18H2,1-3H3,(H,35,38). The Morgan fingerprint density at radius 1 is 1.05 bits per heavy atom. The Morgan fingerprint density at radius 3 is 2.69 bits per heavy atom. The molecule has 6 atom stereocenters. The van der Waals surface area contributed by atoms with Crippen LogP contribution in [0.5, 0.6) is 0 Å². The second kappa shape index (κ2) is 8.50. The van der Waals surface area contributed by atoms with Crippen molar-refractivity contribution in [2.45, 2.75) is 95.2 Å². The van der Waals surface area contributed by atoms with Gasteiger partial charge in [0, 0.05) is 30.2 Å². The largest absolute Gasteiger partial charge is 0.385 e. The van der Waals surface area contributed by atoms with Crippen LogP contribution in [0.1, 0.15) is 83.6 Å². The van der Waals surface area contributed by atoms with E-state index in [0.29, 0.717) is 37.0 Å². The summed E-state index contributed by atoms with van der Waals surface area (Å²) in [5, 5.41) is 17.3. The van der Waals surface area contributed by atoms with Crippen molar-refractivity contribution in [3.63, 3.8) is 0 Å². The number of benzene rings is 1. The average Bonchev–Trinajstić information content (AvgIpc) is 3.29. The Balaban J connectivity index is 1.14. The Bertz CT molecular complexity index is 1440. The van der Waals surface area contributed by atoms with Gasteiger partial charge in [-0.2, -0.15) is 0 Å². The zero-order valence-electron chi connectivity index (χ0n) is 23.2. The molecule has 1 aliphatic heterocycles. The molecule has 1 aromatic carbocycles. The van der Waals surface area contributed by atoms with Crippen molar-refractivity contribution >= 4 is 22.7 Å². The van der Waals surface area contributed by atoms with Gasteiger partial charge in [-0.05, 0) is 116 Å². The number of nitrogens with zero attached hydrogens (tertiary/aromatic N) is 2. The number of pyridine rings is 1. The molecule has 6 heteroatoms. The molecule has 1 aromatic heterocycles. The maximum atomic E-state index is 13.0. The Hall–Kier alpha value is -2.99. The van der Waals surface area contributed by atoms with E-state index in [0.717, 1.165) is 24.8 Å². The predicted octanol–water partition coefficient (Wildman–Crippen LogP) is 6.02.